The highest BCUT2D eigenvalue weighted by molar-refractivity contribution is 5.93. The smallest absolute Gasteiger partial charge is 0.262 e. The Kier molecular flexibility index (Phi) is 6.74. The lowest BCUT2D eigenvalue weighted by atomic mass is 10.1. The Morgan fingerprint density at radius 1 is 1.10 bits per heavy atom. The Labute approximate surface area is 171 Å². The standard InChI is InChI=1S/C21H28N4O4/c1-14-15(2)22-21(25-10-6-5-7-11-25)24-20(14)29-13-19(26)23-17-9-8-16(27-3)12-18(17)28-4/h8-9,12H,5-7,10-11,13H2,1-4H3,(H,23,26). The molecule has 3 rings (SSSR count). The van der Waals surface area contributed by atoms with E-state index in [1.165, 1.54) is 13.5 Å². The highest BCUT2D eigenvalue weighted by Crippen LogP contribution is 2.29. The summed E-state index contributed by atoms with van der Waals surface area (Å²) in [6.07, 6.45) is 3.51. The monoisotopic (exact) mass is 400 g/mol. The highest BCUT2D eigenvalue weighted by Gasteiger charge is 2.18. The van der Waals surface area contributed by atoms with Gasteiger partial charge in [0.2, 0.25) is 11.8 Å². The summed E-state index contributed by atoms with van der Waals surface area (Å²) in [4.78, 5) is 23.7. The predicted molar refractivity (Wildman–Crippen MR) is 111 cm³/mol. The second-order valence-corrected chi connectivity index (χ2v) is 6.99. The lowest BCUT2D eigenvalue weighted by Gasteiger charge is -2.27. The summed E-state index contributed by atoms with van der Waals surface area (Å²) in [6.45, 7) is 5.56. The number of methoxy groups -OCH3 is 2. The molecule has 0 radical (unpaired) electrons. The normalized spacial score (nSPS) is 13.7. The average Bonchev–Trinajstić information content (AvgIpc) is 2.75. The fraction of sp³-hybridized carbons (Fsp3) is 0.476. The van der Waals surface area contributed by atoms with Gasteiger partial charge in [-0.05, 0) is 45.2 Å². The molecule has 0 unspecified atom stereocenters. The maximum Gasteiger partial charge on any atom is 0.262 e. The van der Waals surface area contributed by atoms with Gasteiger partial charge in [-0.1, -0.05) is 0 Å². The molecule has 1 N–H and O–H groups in total. The maximum absolute atomic E-state index is 12.4. The zero-order valence-electron chi connectivity index (χ0n) is 17.4. The van der Waals surface area contributed by atoms with Crippen LogP contribution >= 0.6 is 0 Å². The molecule has 1 aliphatic heterocycles. The number of benzene rings is 1. The van der Waals surface area contributed by atoms with Crippen LogP contribution in [0.4, 0.5) is 11.6 Å². The van der Waals surface area contributed by atoms with Crippen molar-refractivity contribution in [2.45, 2.75) is 33.1 Å². The molecule has 1 fully saturated rings. The Morgan fingerprint density at radius 3 is 2.55 bits per heavy atom. The van der Waals surface area contributed by atoms with Crippen LogP contribution in [0.15, 0.2) is 18.2 Å². The van der Waals surface area contributed by atoms with Gasteiger partial charge >= 0.3 is 0 Å². The summed E-state index contributed by atoms with van der Waals surface area (Å²) in [5, 5.41) is 2.80. The summed E-state index contributed by atoms with van der Waals surface area (Å²) in [7, 11) is 3.11. The van der Waals surface area contributed by atoms with Crippen molar-refractivity contribution in [2.24, 2.45) is 0 Å². The molecule has 2 aromatic rings. The van der Waals surface area contributed by atoms with Gasteiger partial charge < -0.3 is 24.4 Å². The lowest BCUT2D eigenvalue weighted by Crippen LogP contribution is -2.31. The molecule has 1 aromatic heterocycles. The summed E-state index contributed by atoms with van der Waals surface area (Å²) in [5.41, 5.74) is 2.24. The van der Waals surface area contributed by atoms with Gasteiger partial charge in [-0.3, -0.25) is 4.79 Å². The van der Waals surface area contributed by atoms with Crippen molar-refractivity contribution >= 4 is 17.5 Å². The van der Waals surface area contributed by atoms with Crippen LogP contribution in [0.5, 0.6) is 17.4 Å². The first-order valence-corrected chi connectivity index (χ1v) is 9.76. The van der Waals surface area contributed by atoms with E-state index in [4.69, 9.17) is 14.2 Å². The van der Waals surface area contributed by atoms with Gasteiger partial charge in [0.05, 0.1) is 19.9 Å². The number of ether oxygens (including phenoxy) is 3. The number of rotatable bonds is 7. The lowest BCUT2D eigenvalue weighted by molar-refractivity contribution is -0.118. The van der Waals surface area contributed by atoms with Crippen LogP contribution in [0.3, 0.4) is 0 Å². The molecule has 1 amide bonds. The molecule has 0 bridgehead atoms. The second-order valence-electron chi connectivity index (χ2n) is 6.99. The molecule has 8 nitrogen and oxygen atoms in total. The first-order chi connectivity index (χ1) is 14.0. The van der Waals surface area contributed by atoms with Crippen molar-refractivity contribution in [3.8, 4) is 17.4 Å². The van der Waals surface area contributed by atoms with Crippen molar-refractivity contribution in [2.75, 3.05) is 44.1 Å². The van der Waals surface area contributed by atoms with Gasteiger partial charge in [-0.25, -0.2) is 4.98 Å². The molecule has 1 saturated heterocycles. The minimum atomic E-state index is -0.302. The number of nitrogens with zero attached hydrogens (tertiary/aromatic N) is 3. The van der Waals surface area contributed by atoms with Crippen molar-refractivity contribution < 1.29 is 19.0 Å². The van der Waals surface area contributed by atoms with E-state index < -0.39 is 0 Å². The molecule has 2 heterocycles. The number of nitrogens with one attached hydrogen (secondary N) is 1. The SMILES string of the molecule is COc1ccc(NC(=O)COc2nc(N3CCCCC3)nc(C)c2C)c(OC)c1. The number of piperidine rings is 1. The van der Waals surface area contributed by atoms with E-state index in [0.717, 1.165) is 37.2 Å². The van der Waals surface area contributed by atoms with Crippen molar-refractivity contribution in [3.05, 3.63) is 29.5 Å². The third-order valence-corrected chi connectivity index (χ3v) is 4.99. The summed E-state index contributed by atoms with van der Waals surface area (Å²) in [5.74, 6) is 1.96. The number of aromatic nitrogens is 2. The maximum atomic E-state index is 12.4. The molecule has 8 heteroatoms. The Balaban J connectivity index is 1.67. The average molecular weight is 400 g/mol. The second kappa shape index (κ2) is 9.45. The van der Waals surface area contributed by atoms with Crippen LogP contribution in [0.25, 0.3) is 0 Å². The number of aryl methyl sites for hydroxylation is 1. The molecular formula is C21H28N4O4. The number of hydrogen-bond donors (Lipinski definition) is 1. The number of hydrogen-bond acceptors (Lipinski definition) is 7. The quantitative estimate of drug-likeness (QED) is 0.764. The fourth-order valence-electron chi connectivity index (χ4n) is 3.19. The van der Waals surface area contributed by atoms with Gasteiger partial charge in [-0.2, -0.15) is 4.98 Å². The highest BCUT2D eigenvalue weighted by atomic mass is 16.5. The number of amides is 1. The largest absolute Gasteiger partial charge is 0.497 e. The fourth-order valence-corrected chi connectivity index (χ4v) is 3.19. The minimum absolute atomic E-state index is 0.161. The molecule has 156 valence electrons. The molecule has 1 aliphatic rings. The molecule has 0 atom stereocenters. The molecular weight excluding hydrogens is 372 g/mol. The van der Waals surface area contributed by atoms with Crippen LogP contribution in [0.1, 0.15) is 30.5 Å². The first-order valence-electron chi connectivity index (χ1n) is 9.76. The van der Waals surface area contributed by atoms with Gasteiger partial charge in [0.1, 0.15) is 11.5 Å². The van der Waals surface area contributed by atoms with Gasteiger partial charge in [-0.15, -0.1) is 0 Å². The first kappa shape index (κ1) is 20.7. The van der Waals surface area contributed by atoms with Gasteiger partial charge in [0, 0.05) is 30.4 Å². The van der Waals surface area contributed by atoms with Crippen LogP contribution in [0.2, 0.25) is 0 Å². The van der Waals surface area contributed by atoms with E-state index in [-0.39, 0.29) is 12.5 Å². The minimum Gasteiger partial charge on any atom is -0.497 e. The molecule has 0 aliphatic carbocycles. The van der Waals surface area contributed by atoms with Crippen LogP contribution in [0, 0.1) is 13.8 Å². The van der Waals surface area contributed by atoms with E-state index in [0.29, 0.717) is 29.0 Å². The topological polar surface area (TPSA) is 85.8 Å². The summed E-state index contributed by atoms with van der Waals surface area (Å²) < 4.78 is 16.2. The number of carbonyl (C=O) groups excluding carboxylic acids is 1. The van der Waals surface area contributed by atoms with Crippen molar-refractivity contribution in [1.29, 1.82) is 0 Å². The van der Waals surface area contributed by atoms with Crippen LogP contribution in [-0.4, -0.2) is 49.8 Å². The predicted octanol–water partition coefficient (Wildman–Crippen LogP) is 3.12. The van der Waals surface area contributed by atoms with Gasteiger partial charge in [0.15, 0.2) is 6.61 Å². The Bertz CT molecular complexity index is 866. The van der Waals surface area contributed by atoms with E-state index in [2.05, 4.69) is 20.2 Å². The molecule has 0 saturated carbocycles. The third kappa shape index (κ3) is 5.07. The van der Waals surface area contributed by atoms with E-state index >= 15 is 0 Å². The van der Waals surface area contributed by atoms with E-state index in [1.807, 2.05) is 13.8 Å². The van der Waals surface area contributed by atoms with Crippen molar-refractivity contribution in [3.63, 3.8) is 0 Å². The van der Waals surface area contributed by atoms with Crippen LogP contribution in [-0.2, 0) is 4.79 Å². The number of carbonyl (C=O) groups is 1. The Morgan fingerprint density at radius 2 is 1.86 bits per heavy atom. The Hall–Kier alpha value is -3.03. The zero-order valence-corrected chi connectivity index (χ0v) is 17.4. The summed E-state index contributed by atoms with van der Waals surface area (Å²) >= 11 is 0. The number of anilines is 2. The molecule has 0 spiro atoms. The third-order valence-electron chi connectivity index (χ3n) is 4.99. The van der Waals surface area contributed by atoms with E-state index in [9.17, 15) is 4.79 Å². The summed E-state index contributed by atoms with van der Waals surface area (Å²) in [6, 6.07) is 5.19. The van der Waals surface area contributed by atoms with Crippen molar-refractivity contribution in [1.82, 2.24) is 9.97 Å². The molecule has 29 heavy (non-hydrogen) atoms. The van der Waals surface area contributed by atoms with Crippen LogP contribution < -0.4 is 24.4 Å². The molecule has 1 aromatic carbocycles. The van der Waals surface area contributed by atoms with Gasteiger partial charge in [0.25, 0.3) is 5.91 Å². The zero-order chi connectivity index (χ0) is 20.8. The van der Waals surface area contributed by atoms with E-state index in [1.54, 1.807) is 25.3 Å².